The van der Waals surface area contributed by atoms with Crippen LogP contribution in [0.5, 0.6) is 0 Å². The summed E-state index contributed by atoms with van der Waals surface area (Å²) in [5.41, 5.74) is 7.41. The molecule has 2 aromatic rings. The zero-order chi connectivity index (χ0) is 13.8. The molecular formula is C14H13BrClFN2. The van der Waals surface area contributed by atoms with E-state index in [-0.39, 0.29) is 11.9 Å². The molecule has 1 atom stereocenters. The lowest BCUT2D eigenvalue weighted by Crippen LogP contribution is -2.20. The molecule has 2 rings (SSSR count). The summed E-state index contributed by atoms with van der Waals surface area (Å²) in [4.78, 5) is 0. The summed E-state index contributed by atoms with van der Waals surface area (Å²) in [6.45, 7) is 0.393. The minimum Gasteiger partial charge on any atom is -0.377 e. The Bertz CT molecular complexity index is 557. The number of hydrogen-bond donors (Lipinski definition) is 2. The molecule has 2 nitrogen and oxygen atoms in total. The molecule has 0 aromatic heterocycles. The highest BCUT2D eigenvalue weighted by atomic mass is 79.9. The van der Waals surface area contributed by atoms with Gasteiger partial charge in [-0.2, -0.15) is 0 Å². The molecule has 5 heteroatoms. The Labute approximate surface area is 124 Å². The average molecular weight is 344 g/mol. The van der Waals surface area contributed by atoms with Crippen molar-refractivity contribution in [2.45, 2.75) is 6.04 Å². The largest absolute Gasteiger partial charge is 0.377 e. The van der Waals surface area contributed by atoms with Gasteiger partial charge in [0.25, 0.3) is 0 Å². The summed E-state index contributed by atoms with van der Waals surface area (Å²) in [5.74, 6) is -0.375. The fourth-order valence-corrected chi connectivity index (χ4v) is 2.48. The molecule has 1 unspecified atom stereocenters. The van der Waals surface area contributed by atoms with Gasteiger partial charge in [-0.15, -0.1) is 0 Å². The van der Waals surface area contributed by atoms with Crippen molar-refractivity contribution < 1.29 is 4.39 Å². The monoisotopic (exact) mass is 342 g/mol. The minimum absolute atomic E-state index is 0.102. The molecule has 19 heavy (non-hydrogen) atoms. The molecule has 0 aliphatic heterocycles. The standard InChI is InChI=1S/C14H13BrClFN2/c15-10-3-1-2-9(4-10)14(8-18)19-13-6-11(16)5-12(17)7-13/h1-7,14,19H,8,18H2. The number of nitrogens with two attached hydrogens (primary N) is 1. The Hall–Kier alpha value is -1.10. The number of nitrogens with one attached hydrogen (secondary N) is 1. The topological polar surface area (TPSA) is 38.0 Å². The molecule has 2 aromatic carbocycles. The van der Waals surface area contributed by atoms with Gasteiger partial charge in [-0.3, -0.25) is 0 Å². The molecule has 0 radical (unpaired) electrons. The van der Waals surface area contributed by atoms with Gasteiger partial charge >= 0.3 is 0 Å². The van der Waals surface area contributed by atoms with Gasteiger partial charge in [0.05, 0.1) is 6.04 Å². The van der Waals surface area contributed by atoms with E-state index in [4.69, 9.17) is 17.3 Å². The highest BCUT2D eigenvalue weighted by Gasteiger charge is 2.10. The first-order valence-electron chi connectivity index (χ1n) is 5.76. The van der Waals surface area contributed by atoms with Gasteiger partial charge in [-0.25, -0.2) is 4.39 Å². The van der Waals surface area contributed by atoms with E-state index in [1.165, 1.54) is 12.1 Å². The van der Waals surface area contributed by atoms with Crippen molar-refractivity contribution in [2.24, 2.45) is 5.73 Å². The first-order chi connectivity index (χ1) is 9.08. The van der Waals surface area contributed by atoms with Gasteiger partial charge in [0.2, 0.25) is 0 Å². The van der Waals surface area contributed by atoms with E-state index >= 15 is 0 Å². The predicted octanol–water partition coefficient (Wildman–Crippen LogP) is 4.35. The first-order valence-corrected chi connectivity index (χ1v) is 6.94. The molecule has 0 amide bonds. The lowest BCUT2D eigenvalue weighted by Gasteiger charge is -2.19. The maximum atomic E-state index is 13.3. The van der Waals surface area contributed by atoms with Crippen LogP contribution in [0.4, 0.5) is 10.1 Å². The van der Waals surface area contributed by atoms with Gasteiger partial charge in [0.1, 0.15) is 5.82 Å². The Morgan fingerprint density at radius 3 is 2.68 bits per heavy atom. The van der Waals surface area contributed by atoms with E-state index in [9.17, 15) is 4.39 Å². The van der Waals surface area contributed by atoms with Crippen LogP contribution in [-0.2, 0) is 0 Å². The summed E-state index contributed by atoms with van der Waals surface area (Å²) >= 11 is 9.25. The molecular weight excluding hydrogens is 331 g/mol. The highest BCUT2D eigenvalue weighted by Crippen LogP contribution is 2.24. The Balaban J connectivity index is 2.23. The molecule has 0 aliphatic rings. The third kappa shape index (κ3) is 3.93. The van der Waals surface area contributed by atoms with Crippen molar-refractivity contribution in [1.29, 1.82) is 0 Å². The van der Waals surface area contributed by atoms with Crippen molar-refractivity contribution in [3.8, 4) is 0 Å². The molecule has 0 saturated heterocycles. The van der Waals surface area contributed by atoms with Crippen LogP contribution < -0.4 is 11.1 Å². The Morgan fingerprint density at radius 2 is 2.05 bits per heavy atom. The van der Waals surface area contributed by atoms with Crippen LogP contribution in [0.3, 0.4) is 0 Å². The normalized spacial score (nSPS) is 12.2. The number of rotatable bonds is 4. The van der Waals surface area contributed by atoms with Crippen LogP contribution in [0, 0.1) is 5.82 Å². The second kappa shape index (κ2) is 6.37. The zero-order valence-corrected chi connectivity index (χ0v) is 12.4. The summed E-state index contributed by atoms with van der Waals surface area (Å²) in [7, 11) is 0. The van der Waals surface area contributed by atoms with E-state index in [0.29, 0.717) is 17.3 Å². The fraction of sp³-hybridized carbons (Fsp3) is 0.143. The maximum Gasteiger partial charge on any atom is 0.126 e. The van der Waals surface area contributed by atoms with Gasteiger partial charge in [-0.05, 0) is 35.9 Å². The Kier molecular flexibility index (Phi) is 4.80. The molecule has 100 valence electrons. The van der Waals surface area contributed by atoms with Crippen LogP contribution in [0.25, 0.3) is 0 Å². The van der Waals surface area contributed by atoms with E-state index in [1.54, 1.807) is 6.07 Å². The second-order valence-corrected chi connectivity index (χ2v) is 5.50. The third-order valence-electron chi connectivity index (χ3n) is 2.69. The number of hydrogen-bond acceptors (Lipinski definition) is 2. The van der Waals surface area contributed by atoms with Crippen LogP contribution in [-0.4, -0.2) is 6.54 Å². The molecule has 0 heterocycles. The molecule has 0 fully saturated rings. The summed E-state index contributed by atoms with van der Waals surface area (Å²) in [6, 6.07) is 12.1. The van der Waals surface area contributed by atoms with Crippen molar-refractivity contribution in [1.82, 2.24) is 0 Å². The van der Waals surface area contributed by atoms with Gasteiger partial charge in [-0.1, -0.05) is 39.7 Å². The van der Waals surface area contributed by atoms with Crippen molar-refractivity contribution in [2.75, 3.05) is 11.9 Å². The second-order valence-electron chi connectivity index (χ2n) is 4.15. The van der Waals surface area contributed by atoms with Crippen molar-refractivity contribution in [3.63, 3.8) is 0 Å². The minimum atomic E-state index is -0.375. The van der Waals surface area contributed by atoms with Crippen LogP contribution in [0.2, 0.25) is 5.02 Å². The van der Waals surface area contributed by atoms with Crippen molar-refractivity contribution >= 4 is 33.2 Å². The van der Waals surface area contributed by atoms with E-state index < -0.39 is 0 Å². The summed E-state index contributed by atoms with van der Waals surface area (Å²) < 4.78 is 14.3. The van der Waals surface area contributed by atoms with Gasteiger partial charge in [0.15, 0.2) is 0 Å². The number of halogens is 3. The number of anilines is 1. The smallest absolute Gasteiger partial charge is 0.126 e. The van der Waals surface area contributed by atoms with Crippen LogP contribution in [0.1, 0.15) is 11.6 Å². The molecule has 0 aliphatic carbocycles. The highest BCUT2D eigenvalue weighted by molar-refractivity contribution is 9.10. The molecule has 0 bridgehead atoms. The maximum absolute atomic E-state index is 13.3. The van der Waals surface area contributed by atoms with E-state index in [1.807, 2.05) is 24.3 Å². The quantitative estimate of drug-likeness (QED) is 0.866. The van der Waals surface area contributed by atoms with Crippen LogP contribution >= 0.6 is 27.5 Å². The average Bonchev–Trinajstić information content (AvgIpc) is 2.34. The van der Waals surface area contributed by atoms with Crippen LogP contribution in [0.15, 0.2) is 46.9 Å². The van der Waals surface area contributed by atoms with E-state index in [2.05, 4.69) is 21.2 Å². The van der Waals surface area contributed by atoms with Crippen molar-refractivity contribution in [3.05, 3.63) is 63.3 Å². The fourth-order valence-electron chi connectivity index (χ4n) is 1.84. The Morgan fingerprint density at radius 1 is 1.26 bits per heavy atom. The summed E-state index contributed by atoms with van der Waals surface area (Å²) in [6.07, 6.45) is 0. The van der Waals surface area contributed by atoms with Gasteiger partial charge < -0.3 is 11.1 Å². The third-order valence-corrected chi connectivity index (χ3v) is 3.40. The SMILES string of the molecule is NCC(Nc1cc(F)cc(Cl)c1)c1cccc(Br)c1. The number of benzene rings is 2. The summed E-state index contributed by atoms with van der Waals surface area (Å²) in [5, 5.41) is 3.54. The lowest BCUT2D eigenvalue weighted by molar-refractivity contribution is 0.627. The van der Waals surface area contributed by atoms with Gasteiger partial charge in [0, 0.05) is 21.7 Å². The molecule has 0 spiro atoms. The lowest BCUT2D eigenvalue weighted by atomic mass is 10.1. The predicted molar refractivity (Wildman–Crippen MR) is 81.0 cm³/mol. The zero-order valence-electron chi connectivity index (χ0n) is 10.0. The molecule has 3 N–H and O–H groups in total. The molecule has 0 saturated carbocycles. The van der Waals surface area contributed by atoms with E-state index in [0.717, 1.165) is 10.0 Å². The first kappa shape index (κ1) is 14.3.